The first kappa shape index (κ1) is 20.9. The molecule has 2 aromatic heterocycles. The second kappa shape index (κ2) is 10.1. The fraction of sp³-hybridized carbons (Fsp3) is 0.318. The van der Waals surface area contributed by atoms with E-state index < -0.39 is 0 Å². The van der Waals surface area contributed by atoms with Gasteiger partial charge in [0, 0.05) is 42.9 Å². The average Bonchev–Trinajstić information content (AvgIpc) is 3.44. The highest BCUT2D eigenvalue weighted by Gasteiger charge is 2.19. The van der Waals surface area contributed by atoms with Gasteiger partial charge in [-0.05, 0) is 11.4 Å². The minimum absolute atomic E-state index is 0.00253. The molecule has 1 N–H and O–H groups in total. The number of rotatable bonds is 8. The maximum Gasteiger partial charge on any atom is 0.226 e. The van der Waals surface area contributed by atoms with Gasteiger partial charge >= 0.3 is 0 Å². The van der Waals surface area contributed by atoms with E-state index in [9.17, 15) is 9.59 Å². The maximum atomic E-state index is 12.4. The molecule has 6 nitrogen and oxygen atoms in total. The standard InChI is InChI=1S/C22H23N3O3S2/c26-17(18-7-4-14-29-18)8-9-20(27)23-22-24-21(16-5-2-1-3-6-16)19(30-22)15-25-10-12-28-13-11-25/h1-7,14H,8-13,15H2,(H,23,24,27). The molecule has 0 radical (unpaired) electrons. The summed E-state index contributed by atoms with van der Waals surface area (Å²) in [7, 11) is 0. The Hall–Kier alpha value is -2.39. The van der Waals surface area contributed by atoms with E-state index in [1.165, 1.54) is 22.7 Å². The highest BCUT2D eigenvalue weighted by molar-refractivity contribution is 7.16. The summed E-state index contributed by atoms with van der Waals surface area (Å²) in [4.78, 5) is 33.4. The molecule has 3 aromatic rings. The third-order valence-electron chi connectivity index (χ3n) is 4.84. The fourth-order valence-electron chi connectivity index (χ4n) is 3.27. The van der Waals surface area contributed by atoms with Crippen LogP contribution in [0.1, 0.15) is 27.4 Å². The van der Waals surface area contributed by atoms with Crippen LogP contribution in [-0.2, 0) is 16.1 Å². The van der Waals surface area contributed by atoms with Gasteiger partial charge in [-0.25, -0.2) is 4.98 Å². The number of carbonyl (C=O) groups is 2. The van der Waals surface area contributed by atoms with Crippen molar-refractivity contribution in [1.82, 2.24) is 9.88 Å². The van der Waals surface area contributed by atoms with Crippen LogP contribution in [0.15, 0.2) is 47.8 Å². The summed E-state index contributed by atoms with van der Waals surface area (Å²) in [6.07, 6.45) is 0.347. The number of hydrogen-bond donors (Lipinski definition) is 1. The fourth-order valence-corrected chi connectivity index (χ4v) is 5.00. The van der Waals surface area contributed by atoms with E-state index in [2.05, 4.69) is 10.2 Å². The lowest BCUT2D eigenvalue weighted by Gasteiger charge is -2.26. The number of Topliss-reactive ketones (excluding diaryl/α,β-unsaturated/α-hetero) is 1. The summed E-state index contributed by atoms with van der Waals surface area (Å²) >= 11 is 2.90. The summed E-state index contributed by atoms with van der Waals surface area (Å²) in [6, 6.07) is 13.6. The number of thiophene rings is 1. The second-order valence-corrected chi connectivity index (χ2v) is 9.03. The summed E-state index contributed by atoms with van der Waals surface area (Å²) in [5.74, 6) is -0.191. The monoisotopic (exact) mass is 441 g/mol. The van der Waals surface area contributed by atoms with Crippen LogP contribution in [0.4, 0.5) is 5.13 Å². The number of nitrogens with zero attached hydrogens (tertiary/aromatic N) is 2. The van der Waals surface area contributed by atoms with E-state index >= 15 is 0 Å². The Morgan fingerprint density at radius 3 is 2.60 bits per heavy atom. The molecular weight excluding hydrogens is 418 g/mol. The third-order valence-corrected chi connectivity index (χ3v) is 6.70. The van der Waals surface area contributed by atoms with Gasteiger partial charge in [-0.2, -0.15) is 0 Å². The normalized spacial score (nSPS) is 14.5. The zero-order valence-electron chi connectivity index (χ0n) is 16.5. The van der Waals surface area contributed by atoms with Gasteiger partial charge < -0.3 is 10.1 Å². The number of nitrogens with one attached hydrogen (secondary N) is 1. The molecular formula is C22H23N3O3S2. The first-order valence-electron chi connectivity index (χ1n) is 9.91. The molecule has 3 heterocycles. The number of amides is 1. The van der Waals surface area contributed by atoms with E-state index in [4.69, 9.17) is 9.72 Å². The lowest BCUT2D eigenvalue weighted by atomic mass is 10.1. The van der Waals surface area contributed by atoms with Gasteiger partial charge in [-0.1, -0.05) is 47.7 Å². The average molecular weight is 442 g/mol. The van der Waals surface area contributed by atoms with Crippen molar-refractivity contribution in [3.63, 3.8) is 0 Å². The SMILES string of the molecule is O=C(CCC(=O)c1cccs1)Nc1nc(-c2ccccc2)c(CN2CCOCC2)s1. The Labute approximate surface area is 183 Å². The molecule has 1 fully saturated rings. The van der Waals surface area contributed by atoms with E-state index in [1.807, 2.05) is 41.8 Å². The lowest BCUT2D eigenvalue weighted by molar-refractivity contribution is -0.116. The number of carbonyl (C=O) groups excluding carboxylic acids is 2. The smallest absolute Gasteiger partial charge is 0.226 e. The predicted molar refractivity (Wildman–Crippen MR) is 120 cm³/mol. The number of aromatic nitrogens is 1. The molecule has 8 heteroatoms. The number of benzene rings is 1. The van der Waals surface area contributed by atoms with E-state index in [-0.39, 0.29) is 24.5 Å². The van der Waals surface area contributed by atoms with Gasteiger partial charge in [0.25, 0.3) is 0 Å². The van der Waals surface area contributed by atoms with Crippen LogP contribution in [0.2, 0.25) is 0 Å². The lowest BCUT2D eigenvalue weighted by Crippen LogP contribution is -2.35. The molecule has 156 valence electrons. The summed E-state index contributed by atoms with van der Waals surface area (Å²) < 4.78 is 5.45. The van der Waals surface area contributed by atoms with Crippen LogP contribution in [0, 0.1) is 0 Å². The Morgan fingerprint density at radius 1 is 1.07 bits per heavy atom. The zero-order chi connectivity index (χ0) is 20.8. The number of anilines is 1. The molecule has 1 aromatic carbocycles. The van der Waals surface area contributed by atoms with Crippen LogP contribution < -0.4 is 5.32 Å². The number of morpholine rings is 1. The molecule has 1 aliphatic rings. The minimum atomic E-state index is -0.189. The van der Waals surface area contributed by atoms with Crippen molar-refractivity contribution in [1.29, 1.82) is 0 Å². The number of ether oxygens (including phenoxy) is 1. The van der Waals surface area contributed by atoms with Crippen LogP contribution in [0.25, 0.3) is 11.3 Å². The van der Waals surface area contributed by atoms with Gasteiger partial charge in [-0.3, -0.25) is 14.5 Å². The van der Waals surface area contributed by atoms with E-state index in [0.717, 1.165) is 49.0 Å². The third kappa shape index (κ3) is 5.40. The van der Waals surface area contributed by atoms with E-state index in [1.54, 1.807) is 6.07 Å². The van der Waals surface area contributed by atoms with Crippen molar-refractivity contribution in [2.45, 2.75) is 19.4 Å². The molecule has 0 aliphatic carbocycles. The van der Waals surface area contributed by atoms with Gasteiger partial charge in [0.2, 0.25) is 5.91 Å². The van der Waals surface area contributed by atoms with E-state index in [0.29, 0.717) is 10.0 Å². The van der Waals surface area contributed by atoms with Crippen molar-refractivity contribution in [3.8, 4) is 11.3 Å². The Morgan fingerprint density at radius 2 is 1.87 bits per heavy atom. The first-order valence-corrected chi connectivity index (χ1v) is 11.6. The summed E-state index contributed by atoms with van der Waals surface area (Å²) in [6.45, 7) is 4.03. The van der Waals surface area contributed by atoms with Crippen molar-refractivity contribution in [2.24, 2.45) is 0 Å². The molecule has 0 bridgehead atoms. The predicted octanol–water partition coefficient (Wildman–Crippen LogP) is 4.31. The Balaban J connectivity index is 1.44. The minimum Gasteiger partial charge on any atom is -0.379 e. The maximum absolute atomic E-state index is 12.4. The van der Waals surface area contributed by atoms with Crippen LogP contribution >= 0.6 is 22.7 Å². The molecule has 0 spiro atoms. The topological polar surface area (TPSA) is 71.5 Å². The van der Waals surface area contributed by atoms with Gasteiger partial charge in [0.15, 0.2) is 10.9 Å². The summed E-state index contributed by atoms with van der Waals surface area (Å²) in [5, 5.41) is 5.33. The number of ketones is 1. The highest BCUT2D eigenvalue weighted by atomic mass is 32.1. The van der Waals surface area contributed by atoms with Gasteiger partial charge in [0.05, 0.1) is 23.8 Å². The first-order chi connectivity index (χ1) is 14.7. The number of thiazole rings is 1. The molecule has 1 amide bonds. The van der Waals surface area contributed by atoms with Gasteiger partial charge in [-0.15, -0.1) is 11.3 Å². The molecule has 1 saturated heterocycles. The highest BCUT2D eigenvalue weighted by Crippen LogP contribution is 2.32. The van der Waals surface area contributed by atoms with Crippen molar-refractivity contribution in [3.05, 3.63) is 57.6 Å². The molecule has 0 unspecified atom stereocenters. The van der Waals surface area contributed by atoms with Crippen molar-refractivity contribution < 1.29 is 14.3 Å². The quantitative estimate of drug-likeness (QED) is 0.528. The Kier molecular flexibility index (Phi) is 7.01. The zero-order valence-corrected chi connectivity index (χ0v) is 18.1. The largest absolute Gasteiger partial charge is 0.379 e. The molecule has 30 heavy (non-hydrogen) atoms. The Bertz CT molecular complexity index is 980. The van der Waals surface area contributed by atoms with Crippen molar-refractivity contribution in [2.75, 3.05) is 31.6 Å². The molecule has 0 saturated carbocycles. The molecule has 1 aliphatic heterocycles. The van der Waals surface area contributed by atoms with Crippen LogP contribution in [0.3, 0.4) is 0 Å². The second-order valence-electron chi connectivity index (χ2n) is 6.99. The molecule has 0 atom stereocenters. The van der Waals surface area contributed by atoms with Crippen LogP contribution in [-0.4, -0.2) is 47.9 Å². The van der Waals surface area contributed by atoms with Crippen LogP contribution in [0.5, 0.6) is 0 Å². The van der Waals surface area contributed by atoms with Gasteiger partial charge in [0.1, 0.15) is 0 Å². The van der Waals surface area contributed by atoms with Crippen molar-refractivity contribution >= 4 is 39.5 Å². The summed E-state index contributed by atoms with van der Waals surface area (Å²) in [5.41, 5.74) is 1.93. The number of hydrogen-bond acceptors (Lipinski definition) is 7. The molecule has 4 rings (SSSR count).